The lowest BCUT2D eigenvalue weighted by molar-refractivity contribution is -0.152. The summed E-state index contributed by atoms with van der Waals surface area (Å²) in [4.78, 5) is 34.1. The van der Waals surface area contributed by atoms with Crippen LogP contribution in [0.25, 0.3) is 0 Å². The van der Waals surface area contributed by atoms with Gasteiger partial charge in [0.25, 0.3) is 5.91 Å². The zero-order valence-corrected chi connectivity index (χ0v) is 20.9. The lowest BCUT2D eigenvalue weighted by Gasteiger charge is -2.42. The Bertz CT molecular complexity index is 1210. The number of hydrogen-bond donors (Lipinski definition) is 0. The second kappa shape index (κ2) is 11.8. The quantitative estimate of drug-likeness (QED) is 0.441. The van der Waals surface area contributed by atoms with E-state index in [1.807, 2.05) is 30.3 Å². The molecular formula is C28H30FN3O5. The van der Waals surface area contributed by atoms with Crippen LogP contribution in [-0.2, 0) is 16.1 Å². The third-order valence-corrected chi connectivity index (χ3v) is 6.16. The summed E-state index contributed by atoms with van der Waals surface area (Å²) in [5.41, 5.74) is 0.131. The summed E-state index contributed by atoms with van der Waals surface area (Å²) >= 11 is 0. The molecule has 2 heterocycles. The minimum atomic E-state index is -1.11. The number of methoxy groups -OCH3 is 1. The van der Waals surface area contributed by atoms with Crippen LogP contribution in [0.1, 0.15) is 22.5 Å². The van der Waals surface area contributed by atoms with Crippen molar-refractivity contribution in [3.63, 3.8) is 0 Å². The fourth-order valence-corrected chi connectivity index (χ4v) is 4.17. The van der Waals surface area contributed by atoms with Gasteiger partial charge in [-0.05, 0) is 35.9 Å². The first-order valence-corrected chi connectivity index (χ1v) is 12.0. The molecule has 37 heavy (non-hydrogen) atoms. The van der Waals surface area contributed by atoms with Crippen LogP contribution in [-0.4, -0.2) is 72.7 Å². The number of ether oxygens (including phenoxy) is 3. The largest absolute Gasteiger partial charge is 0.490 e. The summed E-state index contributed by atoms with van der Waals surface area (Å²) in [5.74, 6) is -0.0508. The molecule has 1 fully saturated rings. The van der Waals surface area contributed by atoms with Gasteiger partial charge < -0.3 is 24.0 Å². The molecule has 1 saturated heterocycles. The van der Waals surface area contributed by atoms with Gasteiger partial charge in [-0.15, -0.1) is 0 Å². The van der Waals surface area contributed by atoms with Crippen LogP contribution in [0.2, 0.25) is 0 Å². The normalized spacial score (nSPS) is 17.2. The van der Waals surface area contributed by atoms with Crippen molar-refractivity contribution in [2.45, 2.75) is 18.6 Å². The minimum absolute atomic E-state index is 0.00112. The first-order chi connectivity index (χ1) is 17.9. The van der Waals surface area contributed by atoms with Crippen molar-refractivity contribution in [3.05, 3.63) is 89.9 Å². The molecule has 0 aliphatic carbocycles. The predicted molar refractivity (Wildman–Crippen MR) is 135 cm³/mol. The zero-order chi connectivity index (χ0) is 26.3. The Morgan fingerprint density at radius 1 is 1.08 bits per heavy atom. The highest BCUT2D eigenvalue weighted by molar-refractivity contribution is 5.92. The van der Waals surface area contributed by atoms with Gasteiger partial charge in [0, 0.05) is 26.2 Å². The van der Waals surface area contributed by atoms with Crippen molar-refractivity contribution in [1.29, 1.82) is 0 Å². The molecule has 2 aromatic carbocycles. The van der Waals surface area contributed by atoms with Gasteiger partial charge in [0.15, 0.2) is 0 Å². The number of morpholine rings is 1. The van der Waals surface area contributed by atoms with Gasteiger partial charge in [-0.2, -0.15) is 0 Å². The van der Waals surface area contributed by atoms with Crippen LogP contribution >= 0.6 is 0 Å². The van der Waals surface area contributed by atoms with Gasteiger partial charge in [-0.3, -0.25) is 9.59 Å². The van der Waals surface area contributed by atoms with Crippen LogP contribution in [0.5, 0.6) is 11.6 Å². The average Bonchev–Trinajstić information content (AvgIpc) is 2.93. The van der Waals surface area contributed by atoms with Crippen molar-refractivity contribution in [2.24, 2.45) is 0 Å². The number of benzene rings is 2. The minimum Gasteiger partial charge on any atom is -0.490 e. The van der Waals surface area contributed by atoms with Crippen LogP contribution in [0.4, 0.5) is 4.39 Å². The van der Waals surface area contributed by atoms with Gasteiger partial charge >= 0.3 is 0 Å². The third kappa shape index (κ3) is 6.83. The first kappa shape index (κ1) is 26.1. The number of pyridine rings is 1. The number of carbonyl (C=O) groups is 2. The van der Waals surface area contributed by atoms with Crippen molar-refractivity contribution in [1.82, 2.24) is 14.8 Å². The number of amides is 2. The van der Waals surface area contributed by atoms with E-state index in [0.717, 1.165) is 5.56 Å². The summed E-state index contributed by atoms with van der Waals surface area (Å²) < 4.78 is 30.6. The summed E-state index contributed by atoms with van der Waals surface area (Å²) in [6.45, 7) is 1.11. The molecule has 1 aromatic heterocycles. The van der Waals surface area contributed by atoms with E-state index in [1.54, 1.807) is 35.0 Å². The van der Waals surface area contributed by atoms with Gasteiger partial charge in [-0.1, -0.05) is 36.4 Å². The molecular weight excluding hydrogens is 477 g/mol. The van der Waals surface area contributed by atoms with E-state index in [0.29, 0.717) is 24.7 Å². The molecule has 1 aliphatic heterocycles. The lowest BCUT2D eigenvalue weighted by atomic mass is 9.96. The molecule has 2 amide bonds. The fraction of sp³-hybridized carbons (Fsp3) is 0.321. The second-order valence-electron chi connectivity index (χ2n) is 8.98. The molecule has 0 saturated carbocycles. The van der Waals surface area contributed by atoms with Gasteiger partial charge in [0.1, 0.15) is 29.5 Å². The van der Waals surface area contributed by atoms with E-state index in [-0.39, 0.29) is 49.5 Å². The van der Waals surface area contributed by atoms with Crippen LogP contribution in [0, 0.1) is 5.82 Å². The van der Waals surface area contributed by atoms with Crippen LogP contribution in [0.15, 0.2) is 72.8 Å². The zero-order valence-electron chi connectivity index (χ0n) is 20.9. The SMILES string of the molecule is COc1cccc(C(=O)N2CCOC(COc3ccc(F)cc3)(CC(=O)N(C)Cc3ccccc3)C2)n1. The number of hydrogen-bond acceptors (Lipinski definition) is 6. The van der Waals surface area contributed by atoms with E-state index >= 15 is 0 Å². The van der Waals surface area contributed by atoms with Crippen molar-refractivity contribution >= 4 is 11.8 Å². The maximum Gasteiger partial charge on any atom is 0.272 e. The van der Waals surface area contributed by atoms with E-state index in [9.17, 15) is 14.0 Å². The topological polar surface area (TPSA) is 81.2 Å². The first-order valence-electron chi connectivity index (χ1n) is 12.0. The number of aromatic nitrogens is 1. The van der Waals surface area contributed by atoms with Crippen LogP contribution in [0.3, 0.4) is 0 Å². The Hall–Kier alpha value is -3.98. The molecule has 0 bridgehead atoms. The number of rotatable bonds is 9. The predicted octanol–water partition coefficient (Wildman–Crippen LogP) is 3.57. The molecule has 0 N–H and O–H groups in total. The monoisotopic (exact) mass is 507 g/mol. The molecule has 9 heteroatoms. The summed E-state index contributed by atoms with van der Waals surface area (Å²) in [6, 6.07) is 20.3. The molecule has 1 atom stereocenters. The maximum absolute atomic E-state index is 13.4. The summed E-state index contributed by atoms with van der Waals surface area (Å²) in [7, 11) is 3.22. The Labute approximate surface area is 215 Å². The molecule has 1 unspecified atom stereocenters. The highest BCUT2D eigenvalue weighted by Crippen LogP contribution is 2.27. The highest BCUT2D eigenvalue weighted by Gasteiger charge is 2.42. The van der Waals surface area contributed by atoms with Gasteiger partial charge in [-0.25, -0.2) is 9.37 Å². The van der Waals surface area contributed by atoms with E-state index in [2.05, 4.69) is 4.98 Å². The molecule has 0 radical (unpaired) electrons. The molecule has 1 aliphatic rings. The molecule has 4 rings (SSSR count). The number of halogens is 1. The van der Waals surface area contributed by atoms with E-state index in [1.165, 1.54) is 31.4 Å². The molecule has 194 valence electrons. The van der Waals surface area contributed by atoms with E-state index in [4.69, 9.17) is 14.2 Å². The van der Waals surface area contributed by atoms with Crippen molar-refractivity contribution < 1.29 is 28.2 Å². The third-order valence-electron chi connectivity index (χ3n) is 6.16. The van der Waals surface area contributed by atoms with Crippen LogP contribution < -0.4 is 9.47 Å². The Morgan fingerprint density at radius 3 is 2.57 bits per heavy atom. The lowest BCUT2D eigenvalue weighted by Crippen LogP contribution is -2.58. The van der Waals surface area contributed by atoms with Crippen molar-refractivity contribution in [2.75, 3.05) is 40.5 Å². The average molecular weight is 508 g/mol. The summed E-state index contributed by atoms with van der Waals surface area (Å²) in [5, 5.41) is 0. The highest BCUT2D eigenvalue weighted by atomic mass is 19.1. The standard InChI is InChI=1S/C28H30FN3O5/c1-31(18-21-7-4-3-5-8-21)26(33)17-28(20-36-23-13-11-22(29)12-14-23)19-32(15-16-37-28)27(34)24-9-6-10-25(30-24)35-2/h3-14H,15-20H2,1-2H3. The summed E-state index contributed by atoms with van der Waals surface area (Å²) in [6.07, 6.45) is -0.00710. The fourth-order valence-electron chi connectivity index (χ4n) is 4.17. The Balaban J connectivity index is 1.53. The molecule has 8 nitrogen and oxygen atoms in total. The Kier molecular flexibility index (Phi) is 8.35. The second-order valence-corrected chi connectivity index (χ2v) is 8.98. The maximum atomic E-state index is 13.4. The van der Waals surface area contributed by atoms with E-state index < -0.39 is 5.60 Å². The van der Waals surface area contributed by atoms with Crippen molar-refractivity contribution in [3.8, 4) is 11.6 Å². The molecule has 3 aromatic rings. The van der Waals surface area contributed by atoms with Gasteiger partial charge in [0.05, 0.1) is 26.7 Å². The van der Waals surface area contributed by atoms with Gasteiger partial charge in [0.2, 0.25) is 11.8 Å². The molecule has 0 spiro atoms. The number of nitrogens with zero attached hydrogens (tertiary/aromatic N) is 3. The Morgan fingerprint density at radius 2 is 1.84 bits per heavy atom. The number of carbonyl (C=O) groups excluding carboxylic acids is 2. The smallest absolute Gasteiger partial charge is 0.272 e.